The summed E-state index contributed by atoms with van der Waals surface area (Å²) >= 11 is 0. The second-order valence-corrected chi connectivity index (χ2v) is 17.0. The predicted octanol–water partition coefficient (Wildman–Crippen LogP) is 13.7. The van der Waals surface area contributed by atoms with Gasteiger partial charge < -0.3 is 10.4 Å². The first-order valence-corrected chi connectivity index (χ1v) is 20.7. The van der Waals surface area contributed by atoms with Crippen LogP contribution < -0.4 is 5.32 Å². The van der Waals surface area contributed by atoms with Crippen molar-refractivity contribution in [3.8, 4) is 0 Å². The van der Waals surface area contributed by atoms with E-state index >= 15 is 0 Å². The number of unbranched alkanes of at least 4 members (excludes halogenated alkanes) is 8. The highest BCUT2D eigenvalue weighted by Gasteiger charge is 2.38. The zero-order valence-corrected chi connectivity index (χ0v) is 30.7. The molecule has 0 aromatic heterocycles. The number of hydrogen-bond donors (Lipinski definition) is 2. The highest BCUT2D eigenvalue weighted by atomic mass is 16.4. The summed E-state index contributed by atoms with van der Waals surface area (Å²) in [5.74, 6) is -0.704. The number of nitrogens with one attached hydrogen (secondary N) is 1. The lowest BCUT2D eigenvalue weighted by Gasteiger charge is -2.30. The van der Waals surface area contributed by atoms with Crippen molar-refractivity contribution in [2.24, 2.45) is 0 Å². The summed E-state index contributed by atoms with van der Waals surface area (Å²) in [6.45, 7) is 2.28. The van der Waals surface area contributed by atoms with E-state index in [1.807, 2.05) is 0 Å². The van der Waals surface area contributed by atoms with Gasteiger partial charge in [-0.3, -0.25) is 4.79 Å². The molecule has 2 unspecified atom stereocenters. The molecule has 0 heterocycles. The highest BCUT2D eigenvalue weighted by molar-refractivity contribution is 6.59. The minimum absolute atomic E-state index is 0.0290. The average Bonchev–Trinajstić information content (AvgIpc) is 3.91. The molecule has 53 heavy (non-hydrogen) atoms. The van der Waals surface area contributed by atoms with Gasteiger partial charge in [-0.05, 0) is 176 Å². The van der Waals surface area contributed by atoms with E-state index in [2.05, 4.69) is 72.9 Å². The lowest BCUT2D eigenvalue weighted by atomic mass is 9.85. The first-order chi connectivity index (χ1) is 26.1. The lowest BCUT2D eigenvalue weighted by molar-refractivity contribution is -0.137. The molecule has 0 bridgehead atoms. The summed E-state index contributed by atoms with van der Waals surface area (Å²) in [5, 5.41) is 40.3. The molecule has 0 spiro atoms. The van der Waals surface area contributed by atoms with Crippen molar-refractivity contribution < 1.29 is 9.90 Å². The number of hydrogen-bond acceptors (Lipinski definition) is 2. The first kappa shape index (κ1) is 30.7. The Bertz CT molecular complexity index is 3040. The number of benzene rings is 7. The molecule has 262 valence electrons. The fourth-order valence-corrected chi connectivity index (χ4v) is 11.9. The summed E-state index contributed by atoms with van der Waals surface area (Å²) in [4.78, 5) is 11.9. The van der Waals surface area contributed by atoms with Gasteiger partial charge in [0.05, 0.1) is 6.04 Å². The van der Waals surface area contributed by atoms with Crippen molar-refractivity contribution in [3.05, 3.63) is 82.9 Å². The maximum absolute atomic E-state index is 11.9. The Balaban J connectivity index is 0.954. The Hall–Kier alpha value is -4.73. The second-order valence-electron chi connectivity index (χ2n) is 17.0. The van der Waals surface area contributed by atoms with Crippen LogP contribution in [0.25, 0.3) is 97.0 Å². The van der Waals surface area contributed by atoms with Crippen LogP contribution in [-0.2, 0) is 11.2 Å². The molecule has 2 atom stereocenters. The standard InChI is InChI=1S/C50H45NO2/c1-2-3-4-5-6-7-8-9-10-11-12-13-14-32(18-20-35(52)53)51-50-33-19-17-28-22-30-24-29-21-26-15-16-27-23-31-25-34(50)43-41(31)45-37(27)36(26)44-39(29)40(30)46-38(28)42(33)47(43)49(46)48(44)45/h9-10,15-17,19,21-23,25,32,50-51H,2-8,11-14,18,20,24H2,1H3,(H,52,53)/b10-9-. The van der Waals surface area contributed by atoms with Crippen LogP contribution in [-0.4, -0.2) is 17.1 Å². The molecule has 2 N–H and O–H groups in total. The van der Waals surface area contributed by atoms with Crippen LogP contribution in [0.2, 0.25) is 0 Å². The fourth-order valence-electron chi connectivity index (χ4n) is 11.9. The molecule has 2 aliphatic carbocycles. The molecule has 0 radical (unpaired) electrons. The van der Waals surface area contributed by atoms with Gasteiger partial charge in [0.25, 0.3) is 0 Å². The van der Waals surface area contributed by atoms with Crippen molar-refractivity contribution in [2.75, 3.05) is 0 Å². The zero-order chi connectivity index (χ0) is 35.1. The largest absolute Gasteiger partial charge is 0.481 e. The number of carboxylic acid groups (broad SMARTS) is 1. The normalized spacial score (nSPS) is 16.4. The first-order valence-electron chi connectivity index (χ1n) is 20.7. The topological polar surface area (TPSA) is 49.3 Å². The minimum Gasteiger partial charge on any atom is -0.481 e. The molecule has 0 saturated carbocycles. The van der Waals surface area contributed by atoms with E-state index in [1.165, 1.54) is 164 Å². The zero-order valence-electron chi connectivity index (χ0n) is 30.7. The van der Waals surface area contributed by atoms with Gasteiger partial charge in [0.2, 0.25) is 0 Å². The Labute approximate surface area is 309 Å². The van der Waals surface area contributed by atoms with Gasteiger partial charge in [-0.15, -0.1) is 0 Å². The lowest BCUT2D eigenvalue weighted by Crippen LogP contribution is -2.34. The van der Waals surface area contributed by atoms with Gasteiger partial charge in [0.1, 0.15) is 0 Å². The number of carbonyl (C=O) groups is 1. The van der Waals surface area contributed by atoms with E-state index in [1.54, 1.807) is 0 Å². The molecule has 3 heteroatoms. The third-order valence-electron chi connectivity index (χ3n) is 14.0. The second kappa shape index (κ2) is 11.1. The number of allylic oxidation sites excluding steroid dienone is 2. The van der Waals surface area contributed by atoms with Crippen LogP contribution in [0.5, 0.6) is 0 Å². The van der Waals surface area contributed by atoms with Crippen molar-refractivity contribution in [3.63, 3.8) is 0 Å². The molecule has 0 aliphatic heterocycles. The monoisotopic (exact) mass is 691 g/mol. The van der Waals surface area contributed by atoms with Crippen LogP contribution in [0.1, 0.15) is 119 Å². The summed E-state index contributed by atoms with van der Waals surface area (Å²) in [6, 6.07) is 19.7. The smallest absolute Gasteiger partial charge is 0.303 e. The summed E-state index contributed by atoms with van der Waals surface area (Å²) in [7, 11) is 0. The van der Waals surface area contributed by atoms with E-state index in [0.29, 0.717) is 6.42 Å². The quantitative estimate of drug-likeness (QED) is 0.0568. The molecule has 10 aromatic rings. The molecule has 0 saturated heterocycles. The number of carboxylic acids is 1. The van der Waals surface area contributed by atoms with Crippen molar-refractivity contribution in [2.45, 2.75) is 109 Å². The Kier molecular flexibility index (Phi) is 6.46. The van der Waals surface area contributed by atoms with Crippen LogP contribution in [0.15, 0.2) is 60.7 Å². The molecular weight excluding hydrogens is 647 g/mol. The third-order valence-corrected chi connectivity index (χ3v) is 14.0. The molecular formula is C50H45NO2. The van der Waals surface area contributed by atoms with Gasteiger partial charge >= 0.3 is 5.97 Å². The van der Waals surface area contributed by atoms with Crippen LogP contribution in [0.3, 0.4) is 0 Å². The molecule has 3 nitrogen and oxygen atoms in total. The minimum atomic E-state index is -0.704. The Morgan fingerprint density at radius 3 is 1.87 bits per heavy atom. The van der Waals surface area contributed by atoms with E-state index < -0.39 is 5.97 Å². The SMILES string of the molecule is CCCCCCCC/C=C\CCCCC(CCC(=O)O)NC1c2ccc3cc4c5c6c(cc7ccc8cc9cc1c1c9c9c8c7c6c9c6c1c2c3c56)C4. The Morgan fingerprint density at radius 2 is 1.15 bits per heavy atom. The third kappa shape index (κ3) is 3.97. The maximum Gasteiger partial charge on any atom is 0.303 e. The van der Waals surface area contributed by atoms with Crippen LogP contribution in [0, 0.1) is 0 Å². The molecule has 0 amide bonds. The van der Waals surface area contributed by atoms with Crippen molar-refractivity contribution in [1.29, 1.82) is 0 Å². The van der Waals surface area contributed by atoms with Gasteiger partial charge in [0.15, 0.2) is 0 Å². The summed E-state index contributed by atoms with van der Waals surface area (Å²) in [6.07, 6.45) is 20.2. The van der Waals surface area contributed by atoms with E-state index in [-0.39, 0.29) is 18.5 Å². The summed E-state index contributed by atoms with van der Waals surface area (Å²) in [5.41, 5.74) is 5.76. The number of aliphatic carboxylic acids is 1. The maximum atomic E-state index is 11.9. The van der Waals surface area contributed by atoms with Crippen LogP contribution in [0.4, 0.5) is 0 Å². The average molecular weight is 692 g/mol. The van der Waals surface area contributed by atoms with Gasteiger partial charge in [-0.1, -0.05) is 94.0 Å². The predicted molar refractivity (Wildman–Crippen MR) is 225 cm³/mol. The highest BCUT2D eigenvalue weighted by Crippen LogP contribution is 2.63. The van der Waals surface area contributed by atoms with Gasteiger partial charge in [0, 0.05) is 12.5 Å². The van der Waals surface area contributed by atoms with Crippen molar-refractivity contribution >= 4 is 103 Å². The van der Waals surface area contributed by atoms with Gasteiger partial charge in [-0.25, -0.2) is 0 Å². The Morgan fingerprint density at radius 1 is 0.604 bits per heavy atom. The molecule has 2 aliphatic rings. The fraction of sp³-hybridized carbons (Fsp3) is 0.340. The molecule has 0 fully saturated rings. The van der Waals surface area contributed by atoms with E-state index in [9.17, 15) is 9.90 Å². The number of rotatable bonds is 17. The molecule has 12 rings (SSSR count). The van der Waals surface area contributed by atoms with Crippen molar-refractivity contribution in [1.82, 2.24) is 5.32 Å². The summed E-state index contributed by atoms with van der Waals surface area (Å²) < 4.78 is 0. The molecule has 10 aromatic carbocycles. The van der Waals surface area contributed by atoms with Gasteiger partial charge in [-0.2, -0.15) is 0 Å². The van der Waals surface area contributed by atoms with E-state index in [0.717, 1.165) is 32.1 Å². The van der Waals surface area contributed by atoms with E-state index in [4.69, 9.17) is 0 Å². The van der Waals surface area contributed by atoms with Crippen LogP contribution >= 0.6 is 0 Å².